The zero-order chi connectivity index (χ0) is 15.2. The largest absolute Gasteiger partial charge is 0.465 e. The lowest BCUT2D eigenvalue weighted by Gasteiger charge is -2.23. The second-order valence-electron chi connectivity index (χ2n) is 5.16. The van der Waals surface area contributed by atoms with E-state index < -0.39 is 30.8 Å². The molecule has 7 heteroatoms. The third-order valence-electron chi connectivity index (χ3n) is 3.42. The molecule has 1 heterocycles. The molecular weight excluding hydrogens is 296 g/mol. The van der Waals surface area contributed by atoms with E-state index in [0.717, 1.165) is 24.3 Å². The van der Waals surface area contributed by atoms with Gasteiger partial charge in [-0.05, 0) is 36.7 Å². The number of alkyl halides is 4. The number of esters is 1. The van der Waals surface area contributed by atoms with Crippen molar-refractivity contribution in [2.75, 3.05) is 18.1 Å². The normalized spacial score (nSPS) is 18.1. The maximum Gasteiger partial charge on any atom is 0.313 e. The number of carbonyl (C=O) groups excluding carboxylic acids is 1. The Morgan fingerprint density at radius 1 is 1.25 bits per heavy atom. The van der Waals surface area contributed by atoms with E-state index in [9.17, 15) is 22.4 Å². The molecule has 2 nitrogen and oxygen atoms in total. The minimum absolute atomic E-state index is 0.163. The molecule has 0 N–H and O–H groups in total. The molecule has 1 saturated heterocycles. The highest BCUT2D eigenvalue weighted by Crippen LogP contribution is 2.36. The molecule has 0 unspecified atom stereocenters. The van der Waals surface area contributed by atoms with Crippen molar-refractivity contribution in [2.24, 2.45) is 5.92 Å². The van der Waals surface area contributed by atoms with Gasteiger partial charge >= 0.3 is 17.8 Å². The van der Waals surface area contributed by atoms with Gasteiger partial charge in [-0.15, -0.1) is 0 Å². The van der Waals surface area contributed by atoms with E-state index >= 15 is 0 Å². The predicted octanol–water partition coefficient (Wildman–Crippen LogP) is 4.13. The van der Waals surface area contributed by atoms with Crippen LogP contribution in [-0.4, -0.2) is 35.9 Å². The zero-order valence-corrected chi connectivity index (χ0v) is 12.3. The number of hydrogen-bond acceptors (Lipinski definition) is 3. The van der Waals surface area contributed by atoms with Crippen molar-refractivity contribution in [3.63, 3.8) is 0 Å². The summed E-state index contributed by atoms with van der Waals surface area (Å²) in [4.78, 5) is 11.4. The van der Waals surface area contributed by atoms with E-state index in [-0.39, 0.29) is 13.3 Å². The maximum absolute atomic E-state index is 12.9. The van der Waals surface area contributed by atoms with E-state index in [1.54, 1.807) is 0 Å². The SMILES string of the molecule is CC(F)(F)C(F)(F)CCOC(=O)CCC1CCSCC1. The van der Waals surface area contributed by atoms with Crippen molar-refractivity contribution in [1.29, 1.82) is 0 Å². The van der Waals surface area contributed by atoms with Crippen LogP contribution in [0.5, 0.6) is 0 Å². The van der Waals surface area contributed by atoms with E-state index in [4.69, 9.17) is 0 Å². The lowest BCUT2D eigenvalue weighted by atomic mass is 9.97. The summed E-state index contributed by atoms with van der Waals surface area (Å²) in [6.45, 7) is -0.508. The van der Waals surface area contributed by atoms with Gasteiger partial charge in [-0.3, -0.25) is 4.79 Å². The molecule has 0 amide bonds. The Kier molecular flexibility index (Phi) is 6.61. The minimum atomic E-state index is -4.14. The van der Waals surface area contributed by atoms with Crippen LogP contribution in [0.1, 0.15) is 39.0 Å². The van der Waals surface area contributed by atoms with Gasteiger partial charge in [-0.2, -0.15) is 20.5 Å². The number of carbonyl (C=O) groups is 1. The Morgan fingerprint density at radius 2 is 1.85 bits per heavy atom. The van der Waals surface area contributed by atoms with Crippen molar-refractivity contribution < 1.29 is 27.1 Å². The predicted molar refractivity (Wildman–Crippen MR) is 70.4 cm³/mol. The van der Waals surface area contributed by atoms with Gasteiger partial charge in [0.25, 0.3) is 0 Å². The van der Waals surface area contributed by atoms with Gasteiger partial charge in [-0.1, -0.05) is 0 Å². The number of thioether (sulfide) groups is 1. The molecule has 1 aliphatic heterocycles. The molecule has 0 aliphatic carbocycles. The Hall–Kier alpha value is -0.460. The van der Waals surface area contributed by atoms with Gasteiger partial charge in [0.2, 0.25) is 0 Å². The Balaban J connectivity index is 2.17. The third-order valence-corrected chi connectivity index (χ3v) is 4.47. The molecule has 118 valence electrons. The van der Waals surface area contributed by atoms with E-state index in [1.165, 1.54) is 0 Å². The van der Waals surface area contributed by atoms with Crippen LogP contribution in [0.25, 0.3) is 0 Å². The molecular formula is C13H20F4O2S. The maximum atomic E-state index is 12.9. The summed E-state index contributed by atoms with van der Waals surface area (Å²) in [5, 5.41) is 0. The second kappa shape index (κ2) is 7.52. The summed E-state index contributed by atoms with van der Waals surface area (Å²) in [5.74, 6) is -6.19. The quantitative estimate of drug-likeness (QED) is 0.522. The molecule has 1 fully saturated rings. The summed E-state index contributed by atoms with van der Waals surface area (Å²) < 4.78 is 55.5. The van der Waals surface area contributed by atoms with E-state index in [2.05, 4.69) is 4.74 Å². The molecule has 0 radical (unpaired) electrons. The molecule has 0 atom stereocenters. The van der Waals surface area contributed by atoms with Gasteiger partial charge in [0, 0.05) is 13.3 Å². The average molecular weight is 316 g/mol. The van der Waals surface area contributed by atoms with Crippen LogP contribution in [0.2, 0.25) is 0 Å². The van der Waals surface area contributed by atoms with Gasteiger partial charge in [0.1, 0.15) is 0 Å². The van der Waals surface area contributed by atoms with Gasteiger partial charge in [0.05, 0.1) is 13.0 Å². The Bertz CT molecular complexity index is 312. The van der Waals surface area contributed by atoms with Crippen molar-refractivity contribution in [3.05, 3.63) is 0 Å². The molecule has 0 saturated carbocycles. The molecule has 1 rings (SSSR count). The van der Waals surface area contributed by atoms with E-state index in [0.29, 0.717) is 12.3 Å². The fourth-order valence-corrected chi connectivity index (χ4v) is 3.15. The van der Waals surface area contributed by atoms with Gasteiger partial charge in [0.15, 0.2) is 0 Å². The molecule has 1 aliphatic rings. The summed E-state index contributed by atoms with van der Waals surface area (Å²) >= 11 is 1.88. The van der Waals surface area contributed by atoms with Crippen LogP contribution < -0.4 is 0 Å². The Morgan fingerprint density at radius 3 is 2.40 bits per heavy atom. The summed E-state index contributed by atoms with van der Waals surface area (Å²) in [7, 11) is 0. The van der Waals surface area contributed by atoms with Crippen LogP contribution >= 0.6 is 11.8 Å². The molecule has 20 heavy (non-hydrogen) atoms. The average Bonchev–Trinajstić information content (AvgIpc) is 2.36. The van der Waals surface area contributed by atoms with Gasteiger partial charge in [-0.25, -0.2) is 8.78 Å². The standard InChI is InChI=1S/C13H20F4O2S/c1-12(14,15)13(16,17)6-7-19-11(18)3-2-10-4-8-20-9-5-10/h10H,2-9H2,1H3. The minimum Gasteiger partial charge on any atom is -0.465 e. The monoisotopic (exact) mass is 316 g/mol. The van der Waals surface area contributed by atoms with Gasteiger partial charge < -0.3 is 4.74 Å². The van der Waals surface area contributed by atoms with Crippen LogP contribution in [0, 0.1) is 5.92 Å². The fraction of sp³-hybridized carbons (Fsp3) is 0.923. The highest BCUT2D eigenvalue weighted by molar-refractivity contribution is 7.99. The van der Waals surface area contributed by atoms with Crippen molar-refractivity contribution >= 4 is 17.7 Å². The Labute approximate surface area is 120 Å². The molecule has 0 spiro atoms. The molecule has 0 aromatic heterocycles. The van der Waals surface area contributed by atoms with Crippen LogP contribution in [-0.2, 0) is 9.53 Å². The van der Waals surface area contributed by atoms with Crippen molar-refractivity contribution in [1.82, 2.24) is 0 Å². The summed E-state index contributed by atoms with van der Waals surface area (Å²) in [6, 6.07) is 0. The first-order chi connectivity index (χ1) is 9.22. The lowest BCUT2D eigenvalue weighted by molar-refractivity contribution is -0.206. The molecule has 0 bridgehead atoms. The van der Waals surface area contributed by atoms with Crippen molar-refractivity contribution in [2.45, 2.75) is 50.9 Å². The topological polar surface area (TPSA) is 26.3 Å². The van der Waals surface area contributed by atoms with Crippen LogP contribution in [0.3, 0.4) is 0 Å². The lowest BCUT2D eigenvalue weighted by Crippen LogP contribution is -2.38. The first kappa shape index (κ1) is 17.6. The molecule has 0 aromatic rings. The number of ether oxygens (including phenoxy) is 1. The first-order valence-electron chi connectivity index (χ1n) is 6.71. The first-order valence-corrected chi connectivity index (χ1v) is 7.87. The third kappa shape index (κ3) is 5.89. The number of rotatable bonds is 7. The second-order valence-corrected chi connectivity index (χ2v) is 6.38. The summed E-state index contributed by atoms with van der Waals surface area (Å²) in [6.07, 6.45) is 1.81. The molecule has 0 aromatic carbocycles. The van der Waals surface area contributed by atoms with Crippen LogP contribution in [0.4, 0.5) is 17.6 Å². The number of halogens is 4. The highest BCUT2D eigenvalue weighted by Gasteiger charge is 2.51. The van der Waals surface area contributed by atoms with Crippen LogP contribution in [0.15, 0.2) is 0 Å². The fourth-order valence-electron chi connectivity index (χ4n) is 1.94. The summed E-state index contributed by atoms with van der Waals surface area (Å²) in [5.41, 5.74) is 0. The number of hydrogen-bond donors (Lipinski definition) is 0. The highest BCUT2D eigenvalue weighted by atomic mass is 32.2. The van der Waals surface area contributed by atoms with Crippen molar-refractivity contribution in [3.8, 4) is 0 Å². The van der Waals surface area contributed by atoms with E-state index in [1.807, 2.05) is 11.8 Å². The smallest absolute Gasteiger partial charge is 0.313 e. The zero-order valence-electron chi connectivity index (χ0n) is 11.5.